The third-order valence-electron chi connectivity index (χ3n) is 6.56. The Hall–Kier alpha value is -1.10. The Morgan fingerprint density at radius 3 is 2.57 bits per heavy atom. The molecule has 0 bridgehead atoms. The largest absolute Gasteiger partial charge is 1.00 e. The molecule has 158 valence electrons. The standard InChI is InChI=1S/C23H37N2O2.ClH/c1-16(2)20-8-7-17(3)23(13-20)27-15-25-14-24(9-10-26-6)21-11-18(4)19(5)12-22(21)25;/h11-12,14,16-17,20,23H,7-10,13,15H2,1-6H3;1H/q+1;/p-1/t17-,20+,23-;/m0./s1. The van der Waals surface area contributed by atoms with Crippen LogP contribution in [0.2, 0.25) is 0 Å². The van der Waals surface area contributed by atoms with Crippen LogP contribution in [-0.2, 0) is 22.7 Å². The number of aromatic nitrogens is 2. The molecule has 1 heterocycles. The zero-order valence-corrected chi connectivity index (χ0v) is 19.1. The summed E-state index contributed by atoms with van der Waals surface area (Å²) in [6.07, 6.45) is 6.38. The molecule has 28 heavy (non-hydrogen) atoms. The van der Waals surface area contributed by atoms with Gasteiger partial charge in [0.25, 0.3) is 0 Å². The molecule has 0 spiro atoms. The van der Waals surface area contributed by atoms with Crippen LogP contribution in [0.4, 0.5) is 0 Å². The van der Waals surface area contributed by atoms with Crippen LogP contribution >= 0.6 is 0 Å². The van der Waals surface area contributed by atoms with Gasteiger partial charge in [-0.25, -0.2) is 9.13 Å². The molecule has 0 unspecified atom stereocenters. The smallest absolute Gasteiger partial charge is 0.246 e. The van der Waals surface area contributed by atoms with Crippen molar-refractivity contribution in [2.45, 2.75) is 73.3 Å². The molecule has 3 atom stereocenters. The molecule has 1 fully saturated rings. The van der Waals surface area contributed by atoms with Gasteiger partial charge in [0.15, 0.2) is 17.8 Å². The van der Waals surface area contributed by atoms with E-state index in [0.29, 0.717) is 25.4 Å². The lowest BCUT2D eigenvalue weighted by Crippen LogP contribution is -3.00. The molecule has 1 aromatic heterocycles. The second-order valence-electron chi connectivity index (χ2n) is 8.83. The summed E-state index contributed by atoms with van der Waals surface area (Å²) in [4.78, 5) is 0. The molecule has 0 N–H and O–H groups in total. The van der Waals surface area contributed by atoms with Crippen LogP contribution in [0.1, 0.15) is 51.2 Å². The topological polar surface area (TPSA) is 27.3 Å². The van der Waals surface area contributed by atoms with Crippen molar-refractivity contribution in [2.24, 2.45) is 17.8 Å². The van der Waals surface area contributed by atoms with Crippen molar-refractivity contribution in [3.05, 3.63) is 29.6 Å². The molecule has 1 saturated carbocycles. The van der Waals surface area contributed by atoms with Crippen LogP contribution in [0, 0.1) is 31.6 Å². The maximum Gasteiger partial charge on any atom is 0.246 e. The molecule has 0 radical (unpaired) electrons. The van der Waals surface area contributed by atoms with Crippen molar-refractivity contribution in [3.8, 4) is 0 Å². The Morgan fingerprint density at radius 1 is 1.18 bits per heavy atom. The van der Waals surface area contributed by atoms with E-state index in [1.165, 1.54) is 41.4 Å². The van der Waals surface area contributed by atoms with E-state index in [4.69, 9.17) is 9.47 Å². The predicted octanol–water partition coefficient (Wildman–Crippen LogP) is 1.63. The molecule has 3 rings (SSSR count). The van der Waals surface area contributed by atoms with Crippen molar-refractivity contribution in [3.63, 3.8) is 0 Å². The summed E-state index contributed by atoms with van der Waals surface area (Å²) in [6, 6.07) is 4.58. The first-order valence-corrected chi connectivity index (χ1v) is 10.5. The third kappa shape index (κ3) is 5.08. The van der Waals surface area contributed by atoms with E-state index in [2.05, 4.69) is 62.2 Å². The zero-order chi connectivity index (χ0) is 19.6. The van der Waals surface area contributed by atoms with Crippen LogP contribution in [-0.4, -0.2) is 24.4 Å². The van der Waals surface area contributed by atoms with Crippen molar-refractivity contribution >= 4 is 11.0 Å². The van der Waals surface area contributed by atoms with Crippen LogP contribution in [0.5, 0.6) is 0 Å². The van der Waals surface area contributed by atoms with E-state index in [9.17, 15) is 0 Å². The average Bonchev–Trinajstić information content (AvgIpc) is 2.96. The third-order valence-corrected chi connectivity index (χ3v) is 6.56. The van der Waals surface area contributed by atoms with Gasteiger partial charge in [0.05, 0.1) is 12.7 Å². The number of fused-ring (bicyclic) bond motifs is 1. The van der Waals surface area contributed by atoms with Crippen LogP contribution in [0.3, 0.4) is 0 Å². The molecule has 1 aliphatic carbocycles. The van der Waals surface area contributed by atoms with Gasteiger partial charge in [-0.05, 0) is 74.1 Å². The fourth-order valence-corrected chi connectivity index (χ4v) is 4.33. The number of halogens is 1. The number of nitrogens with zero attached hydrogens (tertiary/aromatic N) is 2. The SMILES string of the molecule is COCCn1c[n+](CO[C@H]2C[C@H](C(C)C)CC[C@@H]2C)c2cc(C)c(C)cc21.[Cl-]. The highest BCUT2D eigenvalue weighted by Gasteiger charge is 2.30. The van der Waals surface area contributed by atoms with Gasteiger partial charge in [0.2, 0.25) is 6.33 Å². The van der Waals surface area contributed by atoms with E-state index in [1.807, 2.05) is 0 Å². The molecule has 5 heteroatoms. The summed E-state index contributed by atoms with van der Waals surface area (Å²) in [5.74, 6) is 2.19. The number of hydrogen-bond acceptors (Lipinski definition) is 2. The van der Waals surface area contributed by atoms with Gasteiger partial charge in [0, 0.05) is 7.11 Å². The zero-order valence-electron chi connectivity index (χ0n) is 18.4. The van der Waals surface area contributed by atoms with Gasteiger partial charge in [-0.2, -0.15) is 0 Å². The van der Waals surface area contributed by atoms with Gasteiger partial charge in [-0.3, -0.25) is 0 Å². The fraction of sp³-hybridized carbons (Fsp3) is 0.696. The second-order valence-corrected chi connectivity index (χ2v) is 8.83. The van der Waals surface area contributed by atoms with E-state index >= 15 is 0 Å². The molecule has 2 aromatic rings. The van der Waals surface area contributed by atoms with E-state index in [1.54, 1.807) is 7.11 Å². The maximum absolute atomic E-state index is 6.48. The van der Waals surface area contributed by atoms with Gasteiger partial charge in [-0.15, -0.1) is 0 Å². The quantitative estimate of drug-likeness (QED) is 0.651. The highest BCUT2D eigenvalue weighted by atomic mass is 35.5. The van der Waals surface area contributed by atoms with Gasteiger partial charge in [-0.1, -0.05) is 20.8 Å². The van der Waals surface area contributed by atoms with Crippen LogP contribution in [0.15, 0.2) is 18.5 Å². The number of benzene rings is 1. The first kappa shape index (κ1) is 23.2. The summed E-state index contributed by atoms with van der Waals surface area (Å²) in [6.45, 7) is 13.6. The van der Waals surface area contributed by atoms with Gasteiger partial charge >= 0.3 is 0 Å². The van der Waals surface area contributed by atoms with Crippen molar-refractivity contribution in [1.82, 2.24) is 4.57 Å². The molecular weight excluding hydrogens is 372 g/mol. The van der Waals surface area contributed by atoms with Gasteiger partial charge < -0.3 is 21.9 Å². The number of aryl methyl sites for hydroxylation is 2. The predicted molar refractivity (Wildman–Crippen MR) is 110 cm³/mol. The highest BCUT2D eigenvalue weighted by Crippen LogP contribution is 2.35. The minimum absolute atomic E-state index is 0. The monoisotopic (exact) mass is 408 g/mol. The maximum atomic E-state index is 6.48. The molecule has 1 aliphatic rings. The van der Waals surface area contributed by atoms with Crippen molar-refractivity contribution in [1.29, 1.82) is 0 Å². The number of hydrogen-bond donors (Lipinski definition) is 0. The minimum Gasteiger partial charge on any atom is -1.00 e. The molecular formula is C23H37ClN2O2. The van der Waals surface area contributed by atoms with E-state index in [-0.39, 0.29) is 12.4 Å². The molecule has 0 amide bonds. The first-order valence-electron chi connectivity index (χ1n) is 10.5. The van der Waals surface area contributed by atoms with Crippen molar-refractivity contribution < 1.29 is 26.4 Å². The number of imidazole rings is 1. The number of methoxy groups -OCH3 is 1. The highest BCUT2D eigenvalue weighted by molar-refractivity contribution is 5.74. The normalized spacial score (nSPS) is 22.6. The molecule has 4 nitrogen and oxygen atoms in total. The number of rotatable bonds is 7. The summed E-state index contributed by atoms with van der Waals surface area (Å²) in [5, 5.41) is 0. The number of ether oxygens (including phenoxy) is 2. The Labute approximate surface area is 176 Å². The lowest BCUT2D eigenvalue weighted by atomic mass is 9.76. The lowest BCUT2D eigenvalue weighted by molar-refractivity contribution is -0.713. The summed E-state index contributed by atoms with van der Waals surface area (Å²) < 4.78 is 16.3. The van der Waals surface area contributed by atoms with Crippen molar-refractivity contribution in [2.75, 3.05) is 13.7 Å². The van der Waals surface area contributed by atoms with E-state index < -0.39 is 0 Å². The summed E-state index contributed by atoms with van der Waals surface area (Å²) in [5.41, 5.74) is 5.16. The average molecular weight is 409 g/mol. The second kappa shape index (κ2) is 10.1. The molecule has 0 aliphatic heterocycles. The molecule has 0 saturated heterocycles. The van der Waals surface area contributed by atoms with Gasteiger partial charge in [0.1, 0.15) is 6.54 Å². The Bertz CT molecular complexity index is 772. The Morgan fingerprint density at radius 2 is 1.89 bits per heavy atom. The minimum atomic E-state index is 0. The van der Waals surface area contributed by atoms with Crippen LogP contribution in [0.25, 0.3) is 11.0 Å². The lowest BCUT2D eigenvalue weighted by Gasteiger charge is -2.35. The first-order chi connectivity index (χ1) is 12.9. The fourth-order valence-electron chi connectivity index (χ4n) is 4.33. The molecule has 1 aromatic carbocycles. The Balaban J connectivity index is 0.00000280. The van der Waals surface area contributed by atoms with Crippen LogP contribution < -0.4 is 17.0 Å². The van der Waals surface area contributed by atoms with E-state index in [0.717, 1.165) is 18.4 Å². The summed E-state index contributed by atoms with van der Waals surface area (Å²) in [7, 11) is 1.76. The Kier molecular flexibility index (Phi) is 8.35. The summed E-state index contributed by atoms with van der Waals surface area (Å²) >= 11 is 0.